The first-order valence-corrected chi connectivity index (χ1v) is 6.39. The Balaban J connectivity index is 2.34. The maximum absolute atomic E-state index is 11.6. The molecule has 0 spiro atoms. The van der Waals surface area contributed by atoms with Crippen molar-refractivity contribution in [1.29, 1.82) is 0 Å². The molecule has 0 fully saturated rings. The molecule has 90 valence electrons. The quantitative estimate of drug-likeness (QED) is 0.850. The maximum Gasteiger partial charge on any atom is 0.225 e. The van der Waals surface area contributed by atoms with Crippen LogP contribution in [0.5, 0.6) is 0 Å². The van der Waals surface area contributed by atoms with Gasteiger partial charge in [0.05, 0.1) is 5.69 Å². The van der Waals surface area contributed by atoms with Gasteiger partial charge in [-0.25, -0.2) is 0 Å². The molecular formula is C12H20N2OS. The molecule has 0 aliphatic carbocycles. The molecule has 1 unspecified atom stereocenters. The van der Waals surface area contributed by atoms with Crippen molar-refractivity contribution in [3.05, 3.63) is 16.8 Å². The highest BCUT2D eigenvalue weighted by atomic mass is 32.1. The first-order valence-electron chi connectivity index (χ1n) is 5.44. The number of amides is 1. The fourth-order valence-electron chi connectivity index (χ4n) is 1.64. The third-order valence-corrected chi connectivity index (χ3v) is 2.81. The monoisotopic (exact) mass is 240 g/mol. The van der Waals surface area contributed by atoms with Gasteiger partial charge in [-0.2, -0.15) is 11.3 Å². The Labute approximate surface area is 101 Å². The van der Waals surface area contributed by atoms with E-state index >= 15 is 0 Å². The Morgan fingerprint density at radius 3 is 2.75 bits per heavy atom. The SMILES string of the molecule is CC(C)(C)CC(N)CC(=O)Nc1ccsc1. The second-order valence-corrected chi connectivity index (χ2v) is 6.07. The second-order valence-electron chi connectivity index (χ2n) is 5.29. The summed E-state index contributed by atoms with van der Waals surface area (Å²) in [6.07, 6.45) is 1.23. The number of hydrogen-bond donors (Lipinski definition) is 2. The van der Waals surface area contributed by atoms with E-state index in [0.29, 0.717) is 6.42 Å². The largest absolute Gasteiger partial charge is 0.327 e. The molecule has 0 saturated carbocycles. The van der Waals surface area contributed by atoms with Gasteiger partial charge in [0.1, 0.15) is 0 Å². The van der Waals surface area contributed by atoms with E-state index in [9.17, 15) is 4.79 Å². The van der Waals surface area contributed by atoms with Crippen molar-refractivity contribution in [2.24, 2.45) is 11.1 Å². The number of thiophene rings is 1. The number of carbonyl (C=O) groups is 1. The standard InChI is InChI=1S/C12H20N2OS/c1-12(2,3)7-9(13)6-11(15)14-10-4-5-16-8-10/h4-5,8-9H,6-7,13H2,1-3H3,(H,14,15). The molecule has 3 nitrogen and oxygen atoms in total. The lowest BCUT2D eigenvalue weighted by Gasteiger charge is -2.22. The van der Waals surface area contributed by atoms with Crippen LogP contribution in [-0.4, -0.2) is 11.9 Å². The molecule has 1 aromatic heterocycles. The van der Waals surface area contributed by atoms with Crippen molar-refractivity contribution in [3.63, 3.8) is 0 Å². The van der Waals surface area contributed by atoms with Crippen LogP contribution >= 0.6 is 11.3 Å². The van der Waals surface area contributed by atoms with Gasteiger partial charge in [-0.05, 0) is 23.3 Å². The predicted molar refractivity (Wildman–Crippen MR) is 69.6 cm³/mol. The summed E-state index contributed by atoms with van der Waals surface area (Å²) in [6.45, 7) is 6.39. The van der Waals surface area contributed by atoms with Gasteiger partial charge < -0.3 is 11.1 Å². The normalized spacial score (nSPS) is 13.5. The molecule has 0 bridgehead atoms. The Kier molecular flexibility index (Phi) is 4.50. The minimum absolute atomic E-state index is 0.00449. The lowest BCUT2D eigenvalue weighted by molar-refractivity contribution is -0.116. The predicted octanol–water partition coefficient (Wildman–Crippen LogP) is 2.84. The summed E-state index contributed by atoms with van der Waals surface area (Å²) in [5, 5.41) is 6.68. The van der Waals surface area contributed by atoms with Crippen LogP contribution in [0.1, 0.15) is 33.6 Å². The first-order chi connectivity index (χ1) is 7.37. The number of nitrogens with one attached hydrogen (secondary N) is 1. The van der Waals surface area contributed by atoms with E-state index in [1.807, 2.05) is 16.8 Å². The van der Waals surface area contributed by atoms with E-state index in [1.54, 1.807) is 11.3 Å². The van der Waals surface area contributed by atoms with Crippen molar-refractivity contribution in [3.8, 4) is 0 Å². The Morgan fingerprint density at radius 2 is 2.25 bits per heavy atom. The molecule has 0 radical (unpaired) electrons. The lowest BCUT2D eigenvalue weighted by Crippen LogP contribution is -2.31. The molecule has 1 heterocycles. The van der Waals surface area contributed by atoms with Gasteiger partial charge in [-0.15, -0.1) is 0 Å². The highest BCUT2D eigenvalue weighted by molar-refractivity contribution is 7.08. The van der Waals surface area contributed by atoms with E-state index in [0.717, 1.165) is 12.1 Å². The highest BCUT2D eigenvalue weighted by Gasteiger charge is 2.18. The summed E-state index contributed by atoms with van der Waals surface area (Å²) in [6, 6.07) is 1.82. The van der Waals surface area contributed by atoms with Crippen LogP contribution in [0.15, 0.2) is 16.8 Å². The third kappa shape index (κ3) is 5.28. The van der Waals surface area contributed by atoms with Gasteiger partial charge in [0.15, 0.2) is 0 Å². The Morgan fingerprint density at radius 1 is 1.56 bits per heavy atom. The van der Waals surface area contributed by atoms with Gasteiger partial charge in [0.25, 0.3) is 0 Å². The van der Waals surface area contributed by atoms with E-state index in [4.69, 9.17) is 5.73 Å². The van der Waals surface area contributed by atoms with Gasteiger partial charge in [-0.3, -0.25) is 4.79 Å². The minimum atomic E-state index is -0.0707. The summed E-state index contributed by atoms with van der Waals surface area (Å²) in [5.74, 6) is -0.00449. The van der Waals surface area contributed by atoms with Crippen molar-refractivity contribution in [2.75, 3.05) is 5.32 Å². The Hall–Kier alpha value is -0.870. The zero-order valence-corrected chi connectivity index (χ0v) is 10.9. The molecule has 1 amide bonds. The molecule has 0 aliphatic rings. The lowest BCUT2D eigenvalue weighted by atomic mass is 9.87. The Bertz CT molecular complexity index is 327. The molecule has 4 heteroatoms. The van der Waals surface area contributed by atoms with Crippen molar-refractivity contribution in [2.45, 2.75) is 39.7 Å². The molecule has 1 rings (SSSR count). The molecule has 0 aliphatic heterocycles. The maximum atomic E-state index is 11.6. The second kappa shape index (κ2) is 5.46. The number of rotatable bonds is 4. The van der Waals surface area contributed by atoms with E-state index < -0.39 is 0 Å². The van der Waals surface area contributed by atoms with Crippen LogP contribution in [-0.2, 0) is 4.79 Å². The summed E-state index contributed by atoms with van der Waals surface area (Å²) in [4.78, 5) is 11.6. The number of hydrogen-bond acceptors (Lipinski definition) is 3. The highest BCUT2D eigenvalue weighted by Crippen LogP contribution is 2.21. The van der Waals surface area contributed by atoms with E-state index in [-0.39, 0.29) is 17.4 Å². The van der Waals surface area contributed by atoms with Crippen molar-refractivity contribution < 1.29 is 4.79 Å². The molecule has 0 aromatic carbocycles. The van der Waals surface area contributed by atoms with E-state index in [1.165, 1.54) is 0 Å². The van der Waals surface area contributed by atoms with E-state index in [2.05, 4.69) is 26.1 Å². The molecular weight excluding hydrogens is 220 g/mol. The number of nitrogens with two attached hydrogens (primary N) is 1. The zero-order valence-electron chi connectivity index (χ0n) is 10.1. The van der Waals surface area contributed by atoms with Crippen molar-refractivity contribution >= 4 is 22.9 Å². The number of anilines is 1. The fourth-order valence-corrected chi connectivity index (χ4v) is 2.23. The van der Waals surface area contributed by atoms with Crippen molar-refractivity contribution in [1.82, 2.24) is 0 Å². The summed E-state index contributed by atoms with van der Waals surface area (Å²) in [5.41, 5.74) is 6.96. The third-order valence-electron chi connectivity index (χ3n) is 2.13. The molecule has 3 N–H and O–H groups in total. The average molecular weight is 240 g/mol. The fraction of sp³-hybridized carbons (Fsp3) is 0.583. The van der Waals surface area contributed by atoms with Crippen LogP contribution in [0, 0.1) is 5.41 Å². The number of carbonyl (C=O) groups excluding carboxylic acids is 1. The summed E-state index contributed by atoms with van der Waals surface area (Å²) in [7, 11) is 0. The molecule has 16 heavy (non-hydrogen) atoms. The minimum Gasteiger partial charge on any atom is -0.327 e. The van der Waals surface area contributed by atoms with Gasteiger partial charge in [0.2, 0.25) is 5.91 Å². The first kappa shape index (κ1) is 13.2. The smallest absolute Gasteiger partial charge is 0.225 e. The molecule has 1 aromatic rings. The van der Waals surface area contributed by atoms with Crippen LogP contribution < -0.4 is 11.1 Å². The topological polar surface area (TPSA) is 55.1 Å². The van der Waals surface area contributed by atoms with Gasteiger partial charge in [0, 0.05) is 17.8 Å². The van der Waals surface area contributed by atoms with Crippen LogP contribution in [0.3, 0.4) is 0 Å². The average Bonchev–Trinajstić information content (AvgIpc) is 2.51. The van der Waals surface area contributed by atoms with Crippen LogP contribution in [0.2, 0.25) is 0 Å². The molecule has 1 atom stereocenters. The summed E-state index contributed by atoms with van der Waals surface area (Å²) < 4.78 is 0. The van der Waals surface area contributed by atoms with Crippen LogP contribution in [0.25, 0.3) is 0 Å². The molecule has 0 saturated heterocycles. The van der Waals surface area contributed by atoms with Gasteiger partial charge >= 0.3 is 0 Å². The summed E-state index contributed by atoms with van der Waals surface area (Å²) >= 11 is 1.56. The zero-order chi connectivity index (χ0) is 12.2. The van der Waals surface area contributed by atoms with Crippen LogP contribution in [0.4, 0.5) is 5.69 Å². The van der Waals surface area contributed by atoms with Gasteiger partial charge in [-0.1, -0.05) is 20.8 Å².